The summed E-state index contributed by atoms with van der Waals surface area (Å²) in [6.45, 7) is 0. The average molecular weight is 281 g/mol. The summed E-state index contributed by atoms with van der Waals surface area (Å²) in [6.07, 6.45) is -0.873. The highest BCUT2D eigenvalue weighted by atomic mass is 16.6. The van der Waals surface area contributed by atoms with Crippen molar-refractivity contribution in [3.05, 3.63) is 30.3 Å². The molecule has 3 N–H and O–H groups in total. The lowest BCUT2D eigenvalue weighted by molar-refractivity contribution is -0.140. The number of para-hydroxylation sites is 1. The summed E-state index contributed by atoms with van der Waals surface area (Å²) in [6, 6.07) is 7.02. The number of carbonyl (C=O) groups excluding carboxylic acids is 1. The molecule has 0 aromatic heterocycles. The van der Waals surface area contributed by atoms with E-state index in [0.29, 0.717) is 5.75 Å². The molecule has 0 saturated carbocycles. The molecule has 0 aliphatic rings. The van der Waals surface area contributed by atoms with E-state index in [1.807, 2.05) is 0 Å². The van der Waals surface area contributed by atoms with Gasteiger partial charge in [-0.15, -0.1) is 0 Å². The first-order valence-electron chi connectivity index (χ1n) is 5.97. The molecular weight excluding hydrogens is 266 g/mol. The molecule has 0 aliphatic carbocycles. The molecule has 0 radical (unpaired) electrons. The van der Waals surface area contributed by atoms with E-state index in [9.17, 15) is 14.4 Å². The third kappa shape index (κ3) is 5.85. The Morgan fingerprint density at radius 3 is 2.35 bits per heavy atom. The lowest BCUT2D eigenvalue weighted by Gasteiger charge is -2.13. The van der Waals surface area contributed by atoms with Crippen LogP contribution in [0.2, 0.25) is 0 Å². The maximum atomic E-state index is 11.5. The van der Waals surface area contributed by atoms with Gasteiger partial charge in [0, 0.05) is 6.42 Å². The summed E-state index contributed by atoms with van der Waals surface area (Å²) < 4.78 is 4.89. The molecule has 1 amide bonds. The summed E-state index contributed by atoms with van der Waals surface area (Å²) in [4.78, 5) is 32.8. The molecule has 1 aromatic carbocycles. The van der Waals surface area contributed by atoms with Crippen molar-refractivity contribution in [3.8, 4) is 5.75 Å². The second kappa shape index (κ2) is 7.78. The third-order valence-electron chi connectivity index (χ3n) is 2.43. The highest BCUT2D eigenvalue weighted by molar-refractivity contribution is 5.80. The van der Waals surface area contributed by atoms with Gasteiger partial charge in [-0.1, -0.05) is 18.2 Å². The zero-order valence-electron chi connectivity index (χ0n) is 10.6. The van der Waals surface area contributed by atoms with Crippen LogP contribution in [0.1, 0.15) is 19.3 Å². The minimum Gasteiger partial charge on any atom is -0.481 e. The van der Waals surface area contributed by atoms with E-state index < -0.39 is 24.1 Å². The van der Waals surface area contributed by atoms with Crippen molar-refractivity contribution in [3.63, 3.8) is 0 Å². The number of nitrogens with one attached hydrogen (secondary N) is 1. The standard InChI is InChI=1S/C13H15NO6/c15-11(16)8-4-7-10(12(17)18)14-13(19)20-9-5-2-1-3-6-9/h1-3,5-6,10H,4,7-8H2,(H,14,19)(H,15,16)(H,17,18). The highest BCUT2D eigenvalue weighted by Crippen LogP contribution is 2.09. The molecule has 1 aromatic rings. The number of carboxylic acid groups (broad SMARTS) is 2. The van der Waals surface area contributed by atoms with E-state index in [-0.39, 0.29) is 19.3 Å². The molecule has 1 unspecified atom stereocenters. The summed E-state index contributed by atoms with van der Waals surface area (Å²) >= 11 is 0. The van der Waals surface area contributed by atoms with Crippen molar-refractivity contribution in [2.45, 2.75) is 25.3 Å². The van der Waals surface area contributed by atoms with Crippen molar-refractivity contribution in [2.24, 2.45) is 0 Å². The Hall–Kier alpha value is -2.57. The number of carboxylic acids is 2. The lowest BCUT2D eigenvalue weighted by Crippen LogP contribution is -2.42. The summed E-state index contributed by atoms with van der Waals surface area (Å²) in [7, 11) is 0. The van der Waals surface area contributed by atoms with Crippen LogP contribution in [0.5, 0.6) is 5.75 Å². The average Bonchev–Trinajstić information content (AvgIpc) is 2.38. The van der Waals surface area contributed by atoms with Crippen LogP contribution >= 0.6 is 0 Å². The van der Waals surface area contributed by atoms with Crippen molar-refractivity contribution in [1.82, 2.24) is 5.32 Å². The second-order valence-corrected chi connectivity index (χ2v) is 4.02. The molecular formula is C13H15NO6. The number of carbonyl (C=O) groups is 3. The van der Waals surface area contributed by atoms with Crippen LogP contribution in [0.4, 0.5) is 4.79 Å². The van der Waals surface area contributed by atoms with Gasteiger partial charge in [-0.3, -0.25) is 4.79 Å². The van der Waals surface area contributed by atoms with Crippen molar-refractivity contribution < 1.29 is 29.3 Å². The number of hydrogen-bond acceptors (Lipinski definition) is 4. The zero-order chi connectivity index (χ0) is 15.0. The van der Waals surface area contributed by atoms with Gasteiger partial charge in [0.1, 0.15) is 11.8 Å². The van der Waals surface area contributed by atoms with Gasteiger partial charge in [-0.25, -0.2) is 9.59 Å². The number of aliphatic carboxylic acids is 2. The normalized spacial score (nSPS) is 11.4. The minimum atomic E-state index is -1.24. The monoisotopic (exact) mass is 281 g/mol. The number of ether oxygens (including phenoxy) is 1. The molecule has 0 fully saturated rings. The number of hydrogen-bond donors (Lipinski definition) is 3. The fraction of sp³-hybridized carbons (Fsp3) is 0.308. The van der Waals surface area contributed by atoms with Crippen molar-refractivity contribution >= 4 is 18.0 Å². The molecule has 0 aliphatic heterocycles. The first kappa shape index (κ1) is 15.5. The Labute approximate surface area is 115 Å². The van der Waals surface area contributed by atoms with Gasteiger partial charge in [0.25, 0.3) is 0 Å². The fourth-order valence-electron chi connectivity index (χ4n) is 1.48. The van der Waals surface area contributed by atoms with Gasteiger partial charge in [0.05, 0.1) is 0 Å². The van der Waals surface area contributed by atoms with Gasteiger partial charge >= 0.3 is 18.0 Å². The van der Waals surface area contributed by atoms with Crippen LogP contribution < -0.4 is 10.1 Å². The Balaban J connectivity index is 2.46. The molecule has 0 heterocycles. The summed E-state index contributed by atoms with van der Waals surface area (Å²) in [5.74, 6) is -1.96. The smallest absolute Gasteiger partial charge is 0.413 e. The van der Waals surface area contributed by atoms with Crippen LogP contribution in [-0.2, 0) is 9.59 Å². The van der Waals surface area contributed by atoms with Gasteiger partial charge in [-0.2, -0.15) is 0 Å². The van der Waals surface area contributed by atoms with Crippen LogP contribution in [0.25, 0.3) is 0 Å². The Morgan fingerprint density at radius 1 is 1.15 bits per heavy atom. The van der Waals surface area contributed by atoms with Gasteiger partial charge in [0.15, 0.2) is 0 Å². The van der Waals surface area contributed by atoms with E-state index in [0.717, 1.165) is 0 Å². The maximum Gasteiger partial charge on any atom is 0.413 e. The highest BCUT2D eigenvalue weighted by Gasteiger charge is 2.20. The van der Waals surface area contributed by atoms with Crippen LogP contribution in [-0.4, -0.2) is 34.3 Å². The molecule has 0 spiro atoms. The maximum absolute atomic E-state index is 11.5. The predicted octanol–water partition coefficient (Wildman–Crippen LogP) is 1.48. The van der Waals surface area contributed by atoms with Gasteiger partial charge in [-0.05, 0) is 25.0 Å². The van der Waals surface area contributed by atoms with Gasteiger partial charge < -0.3 is 20.3 Å². The van der Waals surface area contributed by atoms with E-state index >= 15 is 0 Å². The van der Waals surface area contributed by atoms with Crippen LogP contribution in [0.3, 0.4) is 0 Å². The number of amides is 1. The van der Waals surface area contributed by atoms with E-state index in [4.69, 9.17) is 14.9 Å². The molecule has 7 nitrogen and oxygen atoms in total. The molecule has 108 valence electrons. The van der Waals surface area contributed by atoms with Gasteiger partial charge in [0.2, 0.25) is 0 Å². The number of rotatable bonds is 7. The quantitative estimate of drug-likeness (QED) is 0.697. The minimum absolute atomic E-state index is 0.0194. The van der Waals surface area contributed by atoms with E-state index in [2.05, 4.69) is 5.32 Å². The summed E-state index contributed by atoms with van der Waals surface area (Å²) in [5.41, 5.74) is 0. The predicted molar refractivity (Wildman–Crippen MR) is 68.5 cm³/mol. The third-order valence-corrected chi connectivity index (χ3v) is 2.43. The molecule has 1 atom stereocenters. The Kier molecular flexibility index (Phi) is 6.02. The molecule has 1 rings (SSSR count). The SMILES string of the molecule is O=C(O)CCCC(NC(=O)Oc1ccccc1)C(=O)O. The van der Waals surface area contributed by atoms with Crippen LogP contribution in [0.15, 0.2) is 30.3 Å². The summed E-state index contributed by atoms with van der Waals surface area (Å²) in [5, 5.41) is 19.6. The van der Waals surface area contributed by atoms with E-state index in [1.54, 1.807) is 30.3 Å². The van der Waals surface area contributed by atoms with Crippen molar-refractivity contribution in [1.29, 1.82) is 0 Å². The van der Waals surface area contributed by atoms with Crippen molar-refractivity contribution in [2.75, 3.05) is 0 Å². The first-order valence-corrected chi connectivity index (χ1v) is 5.97. The Morgan fingerprint density at radius 2 is 1.80 bits per heavy atom. The second-order valence-electron chi connectivity index (χ2n) is 4.02. The zero-order valence-corrected chi connectivity index (χ0v) is 10.6. The number of benzene rings is 1. The lowest BCUT2D eigenvalue weighted by atomic mass is 10.1. The topological polar surface area (TPSA) is 113 Å². The molecule has 7 heteroatoms. The molecule has 20 heavy (non-hydrogen) atoms. The van der Waals surface area contributed by atoms with E-state index in [1.165, 1.54) is 0 Å². The fourth-order valence-corrected chi connectivity index (χ4v) is 1.48. The molecule has 0 bridgehead atoms. The first-order chi connectivity index (χ1) is 9.49. The van der Waals surface area contributed by atoms with Crippen LogP contribution in [0, 0.1) is 0 Å². The largest absolute Gasteiger partial charge is 0.481 e. The Bertz CT molecular complexity index is 473. The molecule has 0 saturated heterocycles.